The molecule has 3 fully saturated rings. The van der Waals surface area contributed by atoms with Gasteiger partial charge in [-0.2, -0.15) is 0 Å². The van der Waals surface area contributed by atoms with Gasteiger partial charge in [0, 0.05) is 61.7 Å². The molecule has 3 atom stereocenters. The van der Waals surface area contributed by atoms with Crippen LogP contribution in [0.5, 0.6) is 5.88 Å². The van der Waals surface area contributed by atoms with Crippen LogP contribution in [-0.2, 0) is 19.9 Å². The summed E-state index contributed by atoms with van der Waals surface area (Å²) >= 11 is 0.978. The number of aromatic nitrogens is 3. The lowest BCUT2D eigenvalue weighted by Gasteiger charge is -2.43. The lowest BCUT2D eigenvalue weighted by molar-refractivity contribution is -0.117. The van der Waals surface area contributed by atoms with E-state index in [0.29, 0.717) is 56.0 Å². The smallest absolute Gasteiger partial charge is 0.243 e. The van der Waals surface area contributed by atoms with Gasteiger partial charge in [0.05, 0.1) is 59.5 Å². The Morgan fingerprint density at radius 3 is 2.72 bits per heavy atom. The van der Waals surface area contributed by atoms with Crippen molar-refractivity contribution in [2.45, 2.75) is 43.9 Å². The minimum Gasteiger partial charge on any atom is -0.473 e. The number of aliphatic hydroxyl groups is 1. The minimum atomic E-state index is -1.40. The van der Waals surface area contributed by atoms with E-state index in [4.69, 9.17) is 24.9 Å². The fourth-order valence-electron chi connectivity index (χ4n) is 7.71. The van der Waals surface area contributed by atoms with E-state index in [9.17, 15) is 14.3 Å². The fourth-order valence-corrected chi connectivity index (χ4v) is 8.48. The number of amides is 1. The zero-order valence-electron chi connectivity index (χ0n) is 27.7. The highest BCUT2D eigenvalue weighted by Gasteiger charge is 2.56. The van der Waals surface area contributed by atoms with Crippen molar-refractivity contribution in [3.63, 3.8) is 0 Å². The van der Waals surface area contributed by atoms with Gasteiger partial charge in [-0.05, 0) is 38.0 Å². The number of fused-ring (bicyclic) bond motifs is 3. The van der Waals surface area contributed by atoms with Crippen LogP contribution in [0.2, 0.25) is 0 Å². The Balaban J connectivity index is 1.28. The summed E-state index contributed by atoms with van der Waals surface area (Å²) in [6.45, 7) is 10.4. The predicted molar refractivity (Wildman–Crippen MR) is 185 cm³/mol. The summed E-state index contributed by atoms with van der Waals surface area (Å²) in [6, 6.07) is 2.26. The average Bonchev–Trinajstić information content (AvgIpc) is 3.82. The van der Waals surface area contributed by atoms with Crippen molar-refractivity contribution in [2.24, 2.45) is 5.41 Å². The molecule has 50 heavy (non-hydrogen) atoms. The molecular weight excluding hydrogens is 668 g/mol. The molecule has 1 aromatic carbocycles. The Labute approximate surface area is 291 Å². The fraction of sp³-hybridized carbons (Fsp3) is 0.486. The number of nitrogens with one attached hydrogen (secondary N) is 1. The van der Waals surface area contributed by atoms with Crippen LogP contribution in [0.15, 0.2) is 31.0 Å². The molecule has 15 heteroatoms. The number of ether oxygens (including phenoxy) is 3. The topological polar surface area (TPSA) is 148 Å². The van der Waals surface area contributed by atoms with E-state index < -0.39 is 23.3 Å². The van der Waals surface area contributed by atoms with Gasteiger partial charge in [-0.3, -0.25) is 14.7 Å². The number of morpholine rings is 1. The molecule has 6 heterocycles. The van der Waals surface area contributed by atoms with Crippen LogP contribution < -0.4 is 20.7 Å². The molecule has 8 rings (SSSR count). The molecule has 4 aliphatic rings. The molecule has 4 N–H and O–H groups in total. The molecule has 0 radical (unpaired) electrons. The molecule has 2 saturated heterocycles. The van der Waals surface area contributed by atoms with Crippen molar-refractivity contribution in [3.8, 4) is 17.1 Å². The molecule has 1 amide bonds. The number of halogens is 2. The number of benzene rings is 1. The summed E-state index contributed by atoms with van der Waals surface area (Å²) < 4.78 is 50.1. The van der Waals surface area contributed by atoms with Gasteiger partial charge in [0.2, 0.25) is 11.8 Å². The molecule has 0 unspecified atom stereocenters. The lowest BCUT2D eigenvalue weighted by Crippen LogP contribution is -2.49. The second-order valence-electron chi connectivity index (χ2n) is 13.9. The Kier molecular flexibility index (Phi) is 8.38. The second-order valence-corrected chi connectivity index (χ2v) is 14.9. The number of hydrogen-bond acceptors (Lipinski definition) is 12. The predicted octanol–water partition coefficient (Wildman–Crippen LogP) is 3.75. The number of anilines is 2. The van der Waals surface area contributed by atoms with Gasteiger partial charge in [-0.15, -0.1) is 0 Å². The molecule has 1 saturated carbocycles. The Morgan fingerprint density at radius 2 is 1.96 bits per heavy atom. The van der Waals surface area contributed by atoms with Crippen LogP contribution in [0, 0.1) is 17.0 Å². The average molecular weight is 708 g/mol. The third-order valence-electron chi connectivity index (χ3n) is 10.4. The summed E-state index contributed by atoms with van der Waals surface area (Å²) in [6.07, 6.45) is 4.55. The summed E-state index contributed by atoms with van der Waals surface area (Å²) in [5, 5.41) is 15.8. The number of hydrogen-bond donors (Lipinski definition) is 3. The molecular formula is C35H39F2N7O5S. The third-order valence-corrected chi connectivity index (χ3v) is 11.3. The molecule has 12 nitrogen and oxygen atoms in total. The van der Waals surface area contributed by atoms with Crippen LogP contribution >= 0.6 is 11.3 Å². The maximum Gasteiger partial charge on any atom is 0.243 e. The highest BCUT2D eigenvalue weighted by atomic mass is 32.1. The second kappa shape index (κ2) is 12.6. The Morgan fingerprint density at radius 1 is 1.18 bits per heavy atom. The summed E-state index contributed by atoms with van der Waals surface area (Å²) in [5.41, 5.74) is 5.69. The first-order chi connectivity index (χ1) is 24.1. The Bertz CT molecular complexity index is 2000. The number of thiazole rings is 1. The van der Waals surface area contributed by atoms with Gasteiger partial charge in [0.25, 0.3) is 0 Å². The van der Waals surface area contributed by atoms with Crippen molar-refractivity contribution in [1.29, 1.82) is 0 Å². The highest BCUT2D eigenvalue weighted by Crippen LogP contribution is 2.57. The van der Waals surface area contributed by atoms with E-state index in [1.54, 1.807) is 6.92 Å². The van der Waals surface area contributed by atoms with Crippen molar-refractivity contribution >= 4 is 49.2 Å². The van der Waals surface area contributed by atoms with Gasteiger partial charge >= 0.3 is 0 Å². The number of carbonyl (C=O) groups is 1. The first-order valence-corrected chi connectivity index (χ1v) is 17.7. The van der Waals surface area contributed by atoms with Gasteiger partial charge in [-0.25, -0.2) is 18.7 Å². The van der Waals surface area contributed by atoms with Gasteiger partial charge in [-0.1, -0.05) is 17.9 Å². The zero-order valence-corrected chi connectivity index (χ0v) is 28.5. The molecule has 0 bridgehead atoms. The largest absolute Gasteiger partial charge is 0.473 e. The number of pyridine rings is 2. The van der Waals surface area contributed by atoms with E-state index >= 15 is 4.39 Å². The molecule has 0 spiro atoms. The first kappa shape index (κ1) is 33.1. The van der Waals surface area contributed by atoms with Crippen molar-refractivity contribution in [1.82, 2.24) is 25.2 Å². The number of nitrogens with two attached hydrogens (primary N) is 1. The van der Waals surface area contributed by atoms with Crippen molar-refractivity contribution in [3.05, 3.63) is 48.2 Å². The molecule has 3 aromatic heterocycles. The Hall–Kier alpha value is -4.02. The standard InChI is InChI=1S/C35H39F2N7O5S/c1-3-24(45)40-19-16-44(10-13-48-17-19)30-21-15-39-27(20-4-5-22(36)31-29(20)42-33(38)50-31)26(37)28(21)41-32-25(30)34(2,46)14-23(49-32)35(6-7-35)18-43-8-11-47-12-9-43/h3-5,15,19,23,46H,1,6-14,16-18H2,2H3,(H2,38,42)(H,40,45)/t19-,23+,34-/m0/s1. The quantitative estimate of drug-likeness (QED) is 0.241. The zero-order chi connectivity index (χ0) is 34.8. The summed E-state index contributed by atoms with van der Waals surface area (Å²) in [5.74, 6) is -1.45. The SMILES string of the molecule is C=CC(=O)N[C@@H]1COCCN(c2c3c(nc4c(F)c(-c5ccc(F)c6sc(N)nc56)ncc24)O[C@@H](C2(CN4CCOCC4)CC2)C[C@]3(C)O)C1. The van der Waals surface area contributed by atoms with Crippen LogP contribution in [0.3, 0.4) is 0 Å². The van der Waals surface area contributed by atoms with Crippen LogP contribution in [0.4, 0.5) is 19.6 Å². The molecule has 3 aliphatic heterocycles. The van der Waals surface area contributed by atoms with E-state index in [1.807, 2.05) is 4.90 Å². The lowest BCUT2D eigenvalue weighted by atomic mass is 9.80. The van der Waals surface area contributed by atoms with Gasteiger partial charge in [0.15, 0.2) is 10.9 Å². The first-order valence-electron chi connectivity index (χ1n) is 16.9. The van der Waals surface area contributed by atoms with Crippen LogP contribution in [0.25, 0.3) is 32.4 Å². The number of nitrogens with zero attached hydrogens (tertiary/aromatic N) is 5. The van der Waals surface area contributed by atoms with Crippen LogP contribution in [0.1, 0.15) is 31.7 Å². The molecule has 1 aliphatic carbocycles. The van der Waals surface area contributed by atoms with Crippen molar-refractivity contribution in [2.75, 3.05) is 69.8 Å². The monoisotopic (exact) mass is 707 g/mol. The van der Waals surface area contributed by atoms with Crippen LogP contribution in [-0.4, -0.2) is 102 Å². The minimum absolute atomic E-state index is 0.0178. The third kappa shape index (κ3) is 5.84. The van der Waals surface area contributed by atoms with Gasteiger partial charge < -0.3 is 35.3 Å². The van der Waals surface area contributed by atoms with E-state index in [0.717, 1.165) is 43.8 Å². The number of carbonyl (C=O) groups excluding carboxylic acids is 1. The summed E-state index contributed by atoms with van der Waals surface area (Å²) in [7, 11) is 0. The van der Waals surface area contributed by atoms with E-state index in [-0.39, 0.29) is 62.0 Å². The molecule has 264 valence electrons. The number of rotatable bonds is 7. The normalized spacial score (nSPS) is 25.2. The molecule has 4 aromatic rings. The van der Waals surface area contributed by atoms with Crippen molar-refractivity contribution < 1.29 is 32.9 Å². The van der Waals surface area contributed by atoms with Gasteiger partial charge in [0.1, 0.15) is 23.1 Å². The van der Waals surface area contributed by atoms with E-state index in [2.05, 4.69) is 26.8 Å². The highest BCUT2D eigenvalue weighted by molar-refractivity contribution is 7.22. The van der Waals surface area contributed by atoms with E-state index in [1.165, 1.54) is 24.4 Å². The maximum absolute atomic E-state index is 17.0. The number of nitrogen functional groups attached to an aromatic ring is 1. The summed E-state index contributed by atoms with van der Waals surface area (Å²) in [4.78, 5) is 30.3. The maximum atomic E-state index is 17.0.